The smallest absolute Gasteiger partial charge is 0.155 e. The van der Waals surface area contributed by atoms with E-state index in [4.69, 9.17) is 0 Å². The zero-order valence-electron chi connectivity index (χ0n) is 7.13. The summed E-state index contributed by atoms with van der Waals surface area (Å²) in [6, 6.07) is 0. The first kappa shape index (κ1) is 8.25. The summed E-state index contributed by atoms with van der Waals surface area (Å²) in [6.07, 6.45) is 7.63. The van der Waals surface area contributed by atoms with Gasteiger partial charge in [-0.15, -0.1) is 0 Å². The molecular weight excluding hydrogens is 136 g/mol. The van der Waals surface area contributed by atoms with Crippen LogP contribution in [0.15, 0.2) is 23.8 Å². The van der Waals surface area contributed by atoms with Crippen LogP contribution < -0.4 is 0 Å². The lowest BCUT2D eigenvalue weighted by molar-refractivity contribution is -0.114. The van der Waals surface area contributed by atoms with E-state index in [1.807, 2.05) is 6.08 Å². The molecule has 0 aliphatic heterocycles. The molecule has 0 spiro atoms. The predicted octanol–water partition coefficient (Wildman–Crippen LogP) is 2.49. The molecule has 1 unspecified atom stereocenters. The van der Waals surface area contributed by atoms with Gasteiger partial charge in [0.25, 0.3) is 0 Å². The molecule has 0 heterocycles. The van der Waals surface area contributed by atoms with Gasteiger partial charge in [0.15, 0.2) is 5.78 Å². The molecule has 1 heteroatoms. The molecule has 0 aromatic heterocycles. The van der Waals surface area contributed by atoms with Gasteiger partial charge in [-0.2, -0.15) is 0 Å². The van der Waals surface area contributed by atoms with Crippen molar-refractivity contribution in [2.24, 2.45) is 5.92 Å². The van der Waals surface area contributed by atoms with E-state index >= 15 is 0 Å². The number of ketones is 1. The van der Waals surface area contributed by atoms with Crippen LogP contribution in [0.5, 0.6) is 0 Å². The second kappa shape index (κ2) is 3.51. The number of hydrogen-bond acceptors (Lipinski definition) is 1. The van der Waals surface area contributed by atoms with Gasteiger partial charge in [0.1, 0.15) is 0 Å². The van der Waals surface area contributed by atoms with Crippen molar-refractivity contribution in [3.8, 4) is 0 Å². The van der Waals surface area contributed by atoms with Crippen LogP contribution in [0.25, 0.3) is 0 Å². The summed E-state index contributed by atoms with van der Waals surface area (Å²) in [5, 5.41) is 0. The van der Waals surface area contributed by atoms with Crippen molar-refractivity contribution in [1.29, 1.82) is 0 Å². The number of carbonyl (C=O) groups excluding carboxylic acids is 1. The van der Waals surface area contributed by atoms with Gasteiger partial charge in [-0.05, 0) is 32.3 Å². The number of carbonyl (C=O) groups is 1. The van der Waals surface area contributed by atoms with Gasteiger partial charge in [0, 0.05) is 6.42 Å². The van der Waals surface area contributed by atoms with Gasteiger partial charge < -0.3 is 0 Å². The van der Waals surface area contributed by atoms with Crippen molar-refractivity contribution >= 4 is 5.78 Å². The Balaban J connectivity index is 2.36. The second-order valence-electron chi connectivity index (χ2n) is 3.31. The maximum Gasteiger partial charge on any atom is 0.155 e. The average molecular weight is 150 g/mol. The van der Waals surface area contributed by atoms with E-state index in [0.717, 1.165) is 6.42 Å². The first-order valence-corrected chi connectivity index (χ1v) is 4.03. The molecule has 0 bridgehead atoms. The van der Waals surface area contributed by atoms with Crippen molar-refractivity contribution < 1.29 is 4.79 Å². The molecule has 1 aliphatic carbocycles. The van der Waals surface area contributed by atoms with E-state index in [9.17, 15) is 4.79 Å². The third kappa shape index (κ3) is 2.71. The Labute approximate surface area is 67.8 Å². The van der Waals surface area contributed by atoms with E-state index < -0.39 is 0 Å². The molecule has 60 valence electrons. The minimum atomic E-state index is 0.275. The molecule has 0 aromatic rings. The fraction of sp³-hybridized carbons (Fsp3) is 0.500. The summed E-state index contributed by atoms with van der Waals surface area (Å²) in [6.45, 7) is 4.17. The van der Waals surface area contributed by atoms with Gasteiger partial charge >= 0.3 is 0 Å². The van der Waals surface area contributed by atoms with Gasteiger partial charge in [-0.3, -0.25) is 4.79 Å². The molecule has 0 saturated carbocycles. The highest BCUT2D eigenvalue weighted by atomic mass is 16.1. The van der Waals surface area contributed by atoms with Gasteiger partial charge in [-0.25, -0.2) is 0 Å². The summed E-state index contributed by atoms with van der Waals surface area (Å²) in [5.74, 6) is 0.745. The molecule has 1 nitrogen and oxygen atoms in total. The summed E-state index contributed by atoms with van der Waals surface area (Å²) < 4.78 is 0. The minimum absolute atomic E-state index is 0.275. The van der Waals surface area contributed by atoms with Crippen LogP contribution in [0.1, 0.15) is 26.7 Å². The third-order valence-electron chi connectivity index (χ3n) is 1.85. The molecule has 0 saturated heterocycles. The lowest BCUT2D eigenvalue weighted by atomic mass is 10.0. The monoisotopic (exact) mass is 150 g/mol. The van der Waals surface area contributed by atoms with Crippen LogP contribution in [0.3, 0.4) is 0 Å². The van der Waals surface area contributed by atoms with Gasteiger partial charge in [0.05, 0.1) is 0 Å². The Morgan fingerprint density at radius 2 is 2.45 bits per heavy atom. The molecule has 11 heavy (non-hydrogen) atoms. The summed E-state index contributed by atoms with van der Waals surface area (Å²) >= 11 is 0. The highest BCUT2D eigenvalue weighted by Crippen LogP contribution is 2.18. The van der Waals surface area contributed by atoms with E-state index in [1.165, 1.54) is 5.57 Å². The Bertz CT molecular complexity index is 207. The Hall–Kier alpha value is -0.850. The van der Waals surface area contributed by atoms with Crippen molar-refractivity contribution in [2.75, 3.05) is 0 Å². The maximum atomic E-state index is 10.8. The lowest BCUT2D eigenvalue weighted by Crippen LogP contribution is -1.94. The maximum absolute atomic E-state index is 10.8. The van der Waals surface area contributed by atoms with Crippen LogP contribution in [0, 0.1) is 5.92 Å². The highest BCUT2D eigenvalue weighted by Gasteiger charge is 2.13. The van der Waals surface area contributed by atoms with Crippen molar-refractivity contribution in [2.45, 2.75) is 26.7 Å². The Morgan fingerprint density at radius 3 is 2.91 bits per heavy atom. The van der Waals surface area contributed by atoms with E-state index in [0.29, 0.717) is 12.3 Å². The lowest BCUT2D eigenvalue weighted by Gasteiger charge is -2.00. The molecule has 0 N–H and O–H groups in total. The fourth-order valence-electron chi connectivity index (χ4n) is 1.19. The first-order chi connectivity index (χ1) is 5.18. The van der Waals surface area contributed by atoms with E-state index in [-0.39, 0.29) is 5.78 Å². The molecule has 1 atom stereocenters. The Morgan fingerprint density at radius 1 is 1.73 bits per heavy atom. The largest absolute Gasteiger partial charge is 0.295 e. The number of rotatable bonds is 2. The molecule has 0 amide bonds. The molecule has 1 aliphatic rings. The van der Waals surface area contributed by atoms with Crippen molar-refractivity contribution in [3.63, 3.8) is 0 Å². The molecule has 0 aromatic carbocycles. The molecular formula is C10H14O. The standard InChI is InChI=1S/C10H14O/c1-8(2)3-4-9-5-6-10(11)7-9/h3,5-6,9H,4,7H2,1-2H3. The zero-order valence-corrected chi connectivity index (χ0v) is 7.13. The van der Waals surface area contributed by atoms with Crippen LogP contribution in [0.2, 0.25) is 0 Å². The van der Waals surface area contributed by atoms with E-state index in [1.54, 1.807) is 6.08 Å². The highest BCUT2D eigenvalue weighted by molar-refractivity contribution is 5.92. The van der Waals surface area contributed by atoms with Crippen LogP contribution in [-0.2, 0) is 4.79 Å². The molecule has 0 fully saturated rings. The van der Waals surface area contributed by atoms with Crippen LogP contribution in [-0.4, -0.2) is 5.78 Å². The summed E-state index contributed by atoms with van der Waals surface area (Å²) in [4.78, 5) is 10.8. The summed E-state index contributed by atoms with van der Waals surface area (Å²) in [7, 11) is 0. The van der Waals surface area contributed by atoms with Crippen molar-refractivity contribution in [3.05, 3.63) is 23.8 Å². The summed E-state index contributed by atoms with van der Waals surface area (Å²) in [5.41, 5.74) is 1.33. The van der Waals surface area contributed by atoms with E-state index in [2.05, 4.69) is 19.9 Å². The third-order valence-corrected chi connectivity index (χ3v) is 1.85. The zero-order chi connectivity index (χ0) is 8.27. The van der Waals surface area contributed by atoms with Gasteiger partial charge in [-0.1, -0.05) is 17.7 Å². The number of allylic oxidation sites excluding steroid dienone is 4. The first-order valence-electron chi connectivity index (χ1n) is 4.03. The quantitative estimate of drug-likeness (QED) is 0.553. The SMILES string of the molecule is CC(C)=CCC1C=CC(=O)C1. The molecule has 1 rings (SSSR count). The van der Waals surface area contributed by atoms with Crippen LogP contribution >= 0.6 is 0 Å². The average Bonchev–Trinajstić information content (AvgIpc) is 2.31. The Kier molecular flexibility index (Phi) is 2.64. The predicted molar refractivity (Wildman–Crippen MR) is 46.3 cm³/mol. The normalized spacial score (nSPS) is 22.4. The molecule has 0 radical (unpaired) electrons. The van der Waals surface area contributed by atoms with Crippen molar-refractivity contribution in [1.82, 2.24) is 0 Å². The topological polar surface area (TPSA) is 17.1 Å². The minimum Gasteiger partial charge on any atom is -0.295 e. The van der Waals surface area contributed by atoms with Gasteiger partial charge in [0.2, 0.25) is 0 Å². The number of hydrogen-bond donors (Lipinski definition) is 0. The van der Waals surface area contributed by atoms with Crippen LogP contribution in [0.4, 0.5) is 0 Å². The fourth-order valence-corrected chi connectivity index (χ4v) is 1.19. The second-order valence-corrected chi connectivity index (χ2v) is 3.31.